The molecule has 1 fully saturated rings. The van der Waals surface area contributed by atoms with Gasteiger partial charge in [-0.15, -0.1) is 11.3 Å². The van der Waals surface area contributed by atoms with Crippen LogP contribution in [-0.4, -0.2) is 44.3 Å². The fourth-order valence-corrected chi connectivity index (χ4v) is 4.84. The van der Waals surface area contributed by atoms with Crippen molar-refractivity contribution in [3.8, 4) is 0 Å². The third kappa shape index (κ3) is 5.08. The highest BCUT2D eigenvalue weighted by atomic mass is 79.9. The summed E-state index contributed by atoms with van der Waals surface area (Å²) >= 11 is 4.69. The van der Waals surface area contributed by atoms with Gasteiger partial charge >= 0.3 is 0 Å². The minimum atomic E-state index is -3.00. The summed E-state index contributed by atoms with van der Waals surface area (Å²) in [6.45, 7) is 0.220. The number of hydrogen-bond donors (Lipinski definition) is 2. The lowest BCUT2D eigenvalue weighted by Crippen LogP contribution is -2.37. The van der Waals surface area contributed by atoms with Gasteiger partial charge in [-0.2, -0.15) is 0 Å². The highest BCUT2D eigenvalue weighted by Crippen LogP contribution is 2.20. The van der Waals surface area contributed by atoms with Crippen molar-refractivity contribution in [1.82, 2.24) is 10.6 Å². The van der Waals surface area contributed by atoms with Crippen LogP contribution in [0.25, 0.3) is 0 Å². The van der Waals surface area contributed by atoms with Crippen LogP contribution in [0.5, 0.6) is 0 Å². The lowest BCUT2D eigenvalue weighted by molar-refractivity contribution is -0.121. The second kappa shape index (κ2) is 6.89. The number of carbonyl (C=O) groups excluding carboxylic acids is 2. The number of thiophene rings is 1. The van der Waals surface area contributed by atoms with E-state index in [-0.39, 0.29) is 42.3 Å². The van der Waals surface area contributed by atoms with Crippen LogP contribution >= 0.6 is 27.3 Å². The standard InChI is InChI=1S/C12H15BrN2O4S2/c13-10-5-8(6-20-10)12(17)14-3-1-11(16)15-9-2-4-21(18,19)7-9/h5-6,9H,1-4,7H2,(H,14,17)(H,15,16)/t9-/m1/s1. The zero-order chi connectivity index (χ0) is 15.5. The molecule has 2 amide bonds. The van der Waals surface area contributed by atoms with E-state index in [1.165, 1.54) is 11.3 Å². The van der Waals surface area contributed by atoms with Gasteiger partial charge in [-0.3, -0.25) is 9.59 Å². The molecule has 2 N–H and O–H groups in total. The Morgan fingerprint density at radius 1 is 1.43 bits per heavy atom. The molecule has 116 valence electrons. The molecule has 0 spiro atoms. The lowest BCUT2D eigenvalue weighted by atomic mass is 10.2. The van der Waals surface area contributed by atoms with E-state index in [9.17, 15) is 18.0 Å². The van der Waals surface area contributed by atoms with Crippen LogP contribution < -0.4 is 10.6 Å². The Morgan fingerprint density at radius 2 is 2.19 bits per heavy atom. The molecule has 0 unspecified atom stereocenters. The van der Waals surface area contributed by atoms with Crippen LogP contribution in [0.2, 0.25) is 0 Å². The van der Waals surface area contributed by atoms with E-state index < -0.39 is 9.84 Å². The van der Waals surface area contributed by atoms with Crippen molar-refractivity contribution >= 4 is 48.9 Å². The molecule has 0 radical (unpaired) electrons. The summed E-state index contributed by atoms with van der Waals surface area (Å²) in [4.78, 5) is 23.4. The van der Waals surface area contributed by atoms with Crippen LogP contribution in [-0.2, 0) is 14.6 Å². The monoisotopic (exact) mass is 394 g/mol. The number of halogens is 1. The molecule has 1 aliphatic heterocycles. The van der Waals surface area contributed by atoms with E-state index in [0.717, 1.165) is 3.79 Å². The Labute approximate surface area is 135 Å². The maximum Gasteiger partial charge on any atom is 0.252 e. The second-order valence-corrected chi connectivity index (χ2v) is 9.33. The average Bonchev–Trinajstić information content (AvgIpc) is 2.95. The number of amides is 2. The zero-order valence-electron chi connectivity index (χ0n) is 11.1. The number of hydrogen-bond acceptors (Lipinski definition) is 5. The Hall–Kier alpha value is -0.930. The van der Waals surface area contributed by atoms with Gasteiger partial charge in [0, 0.05) is 24.4 Å². The number of carbonyl (C=O) groups is 2. The maximum absolute atomic E-state index is 11.7. The largest absolute Gasteiger partial charge is 0.352 e. The Kier molecular flexibility index (Phi) is 5.39. The topological polar surface area (TPSA) is 92.3 Å². The predicted molar refractivity (Wildman–Crippen MR) is 84.2 cm³/mol. The fraction of sp³-hybridized carbons (Fsp3) is 0.500. The van der Waals surface area contributed by atoms with Crippen LogP contribution in [0.15, 0.2) is 15.2 Å². The quantitative estimate of drug-likeness (QED) is 0.776. The molecule has 1 aromatic rings. The highest BCUT2D eigenvalue weighted by molar-refractivity contribution is 9.11. The van der Waals surface area contributed by atoms with E-state index in [1.54, 1.807) is 11.4 Å². The van der Waals surface area contributed by atoms with Gasteiger partial charge in [-0.25, -0.2) is 8.42 Å². The molecule has 0 saturated carbocycles. The van der Waals surface area contributed by atoms with Crippen molar-refractivity contribution in [2.45, 2.75) is 18.9 Å². The van der Waals surface area contributed by atoms with Gasteiger partial charge in [0.05, 0.1) is 20.9 Å². The van der Waals surface area contributed by atoms with Crippen LogP contribution in [0, 0.1) is 0 Å². The molecule has 21 heavy (non-hydrogen) atoms. The summed E-state index contributed by atoms with van der Waals surface area (Å²) in [5.41, 5.74) is 0.550. The van der Waals surface area contributed by atoms with Crippen LogP contribution in [0.1, 0.15) is 23.2 Å². The van der Waals surface area contributed by atoms with Crippen molar-refractivity contribution in [2.24, 2.45) is 0 Å². The van der Waals surface area contributed by atoms with Crippen molar-refractivity contribution in [3.05, 3.63) is 20.8 Å². The smallest absolute Gasteiger partial charge is 0.252 e. The van der Waals surface area contributed by atoms with Crippen molar-refractivity contribution in [1.29, 1.82) is 0 Å². The first-order valence-corrected chi connectivity index (χ1v) is 9.87. The SMILES string of the molecule is O=C(CCNC(=O)c1csc(Br)c1)N[C@@H]1CCS(=O)(=O)C1. The fourth-order valence-electron chi connectivity index (χ4n) is 2.03. The summed E-state index contributed by atoms with van der Waals surface area (Å²) in [5, 5.41) is 7.05. The number of sulfone groups is 1. The molecule has 6 nitrogen and oxygen atoms in total. The second-order valence-electron chi connectivity index (χ2n) is 4.81. The molecular weight excluding hydrogens is 380 g/mol. The third-order valence-corrected chi connectivity index (χ3v) is 6.34. The van der Waals surface area contributed by atoms with Crippen LogP contribution in [0.3, 0.4) is 0 Å². The first-order valence-electron chi connectivity index (χ1n) is 6.38. The molecule has 2 rings (SSSR count). The lowest BCUT2D eigenvalue weighted by Gasteiger charge is -2.10. The molecule has 1 aromatic heterocycles. The molecule has 9 heteroatoms. The van der Waals surface area contributed by atoms with Gasteiger partial charge in [0.15, 0.2) is 9.84 Å². The van der Waals surface area contributed by atoms with Crippen LogP contribution in [0.4, 0.5) is 0 Å². The van der Waals surface area contributed by atoms with E-state index in [4.69, 9.17) is 0 Å². The Bertz CT molecular complexity index is 641. The van der Waals surface area contributed by atoms with Crippen molar-refractivity contribution in [3.63, 3.8) is 0 Å². The van der Waals surface area contributed by atoms with E-state index in [0.29, 0.717) is 12.0 Å². The number of nitrogens with one attached hydrogen (secondary N) is 2. The Morgan fingerprint density at radius 3 is 2.76 bits per heavy atom. The summed E-state index contributed by atoms with van der Waals surface area (Å²) < 4.78 is 23.4. The summed E-state index contributed by atoms with van der Waals surface area (Å²) in [6, 6.07) is 1.41. The molecule has 0 aliphatic carbocycles. The van der Waals surface area contributed by atoms with Gasteiger partial charge in [-0.1, -0.05) is 0 Å². The minimum absolute atomic E-state index is 0.00797. The first-order chi connectivity index (χ1) is 9.85. The third-order valence-electron chi connectivity index (χ3n) is 3.06. The van der Waals surface area contributed by atoms with E-state index in [2.05, 4.69) is 26.6 Å². The predicted octanol–water partition coefficient (Wildman–Crippen LogP) is 0.934. The minimum Gasteiger partial charge on any atom is -0.352 e. The first kappa shape index (κ1) is 16.4. The molecule has 1 atom stereocenters. The molecular formula is C12H15BrN2O4S2. The maximum atomic E-state index is 11.7. The number of rotatable bonds is 5. The molecule has 2 heterocycles. The molecule has 1 aliphatic rings. The highest BCUT2D eigenvalue weighted by Gasteiger charge is 2.28. The van der Waals surface area contributed by atoms with Gasteiger partial charge in [0.2, 0.25) is 5.91 Å². The van der Waals surface area contributed by atoms with Gasteiger partial charge in [0.25, 0.3) is 5.91 Å². The molecule has 0 bridgehead atoms. The normalized spacial score (nSPS) is 20.1. The van der Waals surface area contributed by atoms with Gasteiger partial charge in [-0.05, 0) is 28.4 Å². The summed E-state index contributed by atoms with van der Waals surface area (Å²) in [6.07, 6.45) is 0.594. The van der Waals surface area contributed by atoms with Gasteiger partial charge in [0.1, 0.15) is 0 Å². The molecule has 0 aromatic carbocycles. The van der Waals surface area contributed by atoms with Gasteiger partial charge < -0.3 is 10.6 Å². The van der Waals surface area contributed by atoms with E-state index >= 15 is 0 Å². The Balaban J connectivity index is 1.69. The zero-order valence-corrected chi connectivity index (χ0v) is 14.3. The summed E-state index contributed by atoms with van der Waals surface area (Å²) in [5.74, 6) is -0.340. The summed E-state index contributed by atoms with van der Waals surface area (Å²) in [7, 11) is -3.00. The molecule has 1 saturated heterocycles. The van der Waals surface area contributed by atoms with E-state index in [1.807, 2.05) is 0 Å². The van der Waals surface area contributed by atoms with Crippen molar-refractivity contribution < 1.29 is 18.0 Å². The average molecular weight is 395 g/mol. The van der Waals surface area contributed by atoms with Crippen molar-refractivity contribution in [2.75, 3.05) is 18.1 Å².